The van der Waals surface area contributed by atoms with Crippen molar-refractivity contribution >= 4 is 11.6 Å². The van der Waals surface area contributed by atoms with Gasteiger partial charge in [-0.2, -0.15) is 5.10 Å². The average molecular weight is 330 g/mol. The third-order valence-electron chi connectivity index (χ3n) is 3.58. The van der Waals surface area contributed by atoms with Gasteiger partial charge in [0.15, 0.2) is 0 Å². The summed E-state index contributed by atoms with van der Waals surface area (Å²) in [6, 6.07) is 14.7. The van der Waals surface area contributed by atoms with E-state index in [2.05, 4.69) is 5.10 Å². The molecule has 3 aromatic rings. The summed E-state index contributed by atoms with van der Waals surface area (Å²) < 4.78 is 8.15. The minimum Gasteiger partial charge on any atom is -0.497 e. The number of hydrogen-bond acceptors (Lipinski definition) is 3. The van der Waals surface area contributed by atoms with Crippen LogP contribution in [0.1, 0.15) is 11.4 Å². The summed E-state index contributed by atoms with van der Waals surface area (Å²) in [5, 5.41) is 4.98. The van der Waals surface area contributed by atoms with Gasteiger partial charge < -0.3 is 4.74 Å². The Hall–Kier alpha value is -2.53. The summed E-state index contributed by atoms with van der Waals surface area (Å²) in [5.74, 6) is 1.41. The largest absolute Gasteiger partial charge is 0.497 e. The topological polar surface area (TPSA) is 49.0 Å². The zero-order valence-electron chi connectivity index (χ0n) is 12.9. The lowest BCUT2D eigenvalue weighted by atomic mass is 10.2. The van der Waals surface area contributed by atoms with Crippen LogP contribution in [0.15, 0.2) is 53.3 Å². The van der Waals surface area contributed by atoms with E-state index >= 15 is 0 Å². The van der Waals surface area contributed by atoms with Gasteiger partial charge in [-0.1, -0.05) is 23.7 Å². The first-order valence-electron chi connectivity index (χ1n) is 7.14. The predicted octanol–water partition coefficient (Wildman–Crippen LogP) is 3.05. The molecule has 118 valence electrons. The Labute approximate surface area is 138 Å². The number of hydrogen-bond donors (Lipinski definition) is 0. The van der Waals surface area contributed by atoms with Crippen molar-refractivity contribution in [3.63, 3.8) is 0 Å². The molecule has 3 rings (SSSR count). The van der Waals surface area contributed by atoms with Crippen LogP contribution < -0.4 is 10.4 Å². The number of rotatable bonds is 4. The second-order valence-corrected chi connectivity index (χ2v) is 5.58. The van der Waals surface area contributed by atoms with E-state index in [0.717, 1.165) is 17.0 Å². The molecule has 0 saturated heterocycles. The zero-order valence-corrected chi connectivity index (χ0v) is 13.6. The number of halogens is 1. The van der Waals surface area contributed by atoms with Crippen LogP contribution >= 0.6 is 11.6 Å². The lowest BCUT2D eigenvalue weighted by Crippen LogP contribution is -2.24. The lowest BCUT2D eigenvalue weighted by molar-refractivity contribution is 0.414. The van der Waals surface area contributed by atoms with Gasteiger partial charge in [0.05, 0.1) is 19.3 Å². The summed E-state index contributed by atoms with van der Waals surface area (Å²) in [6.45, 7) is 2.21. The van der Waals surface area contributed by atoms with Gasteiger partial charge in [-0.05, 0) is 48.9 Å². The smallest absolute Gasteiger partial charge is 0.350 e. The molecule has 1 aromatic heterocycles. The van der Waals surface area contributed by atoms with Crippen LogP contribution in [-0.2, 0) is 6.54 Å². The Kier molecular flexibility index (Phi) is 4.21. The monoisotopic (exact) mass is 329 g/mol. The maximum atomic E-state index is 12.6. The number of aromatic nitrogens is 3. The van der Waals surface area contributed by atoms with E-state index in [0.29, 0.717) is 17.4 Å². The van der Waals surface area contributed by atoms with Crippen LogP contribution in [0, 0.1) is 6.92 Å². The van der Waals surface area contributed by atoms with Gasteiger partial charge in [0.25, 0.3) is 0 Å². The normalized spacial score (nSPS) is 10.7. The van der Waals surface area contributed by atoms with Gasteiger partial charge >= 0.3 is 5.69 Å². The molecule has 0 aliphatic rings. The van der Waals surface area contributed by atoms with Crippen molar-refractivity contribution in [2.24, 2.45) is 0 Å². The van der Waals surface area contributed by atoms with Gasteiger partial charge in [-0.3, -0.25) is 0 Å². The van der Waals surface area contributed by atoms with Gasteiger partial charge in [0.2, 0.25) is 0 Å². The highest BCUT2D eigenvalue weighted by Crippen LogP contribution is 2.14. The average Bonchev–Trinajstić information content (AvgIpc) is 2.83. The molecule has 0 N–H and O–H groups in total. The predicted molar refractivity (Wildman–Crippen MR) is 89.7 cm³/mol. The van der Waals surface area contributed by atoms with Crippen molar-refractivity contribution in [2.45, 2.75) is 13.5 Å². The Bertz CT molecular complexity index is 864. The molecule has 0 radical (unpaired) electrons. The minimum absolute atomic E-state index is 0.180. The molecule has 0 aliphatic carbocycles. The van der Waals surface area contributed by atoms with Crippen molar-refractivity contribution in [1.82, 2.24) is 14.3 Å². The molecular formula is C17H16ClN3O2. The molecule has 0 saturated carbocycles. The Morgan fingerprint density at radius 3 is 2.35 bits per heavy atom. The third kappa shape index (κ3) is 3.14. The number of benzene rings is 2. The molecule has 6 heteroatoms. The summed E-state index contributed by atoms with van der Waals surface area (Å²) in [5.41, 5.74) is 1.55. The second-order valence-electron chi connectivity index (χ2n) is 5.15. The summed E-state index contributed by atoms with van der Waals surface area (Å²) in [6.07, 6.45) is 0. The fourth-order valence-electron chi connectivity index (χ4n) is 2.41. The molecule has 2 aromatic carbocycles. The molecule has 0 amide bonds. The Balaban J connectivity index is 1.94. The van der Waals surface area contributed by atoms with Crippen LogP contribution in [0.4, 0.5) is 0 Å². The van der Waals surface area contributed by atoms with E-state index < -0.39 is 0 Å². The first kappa shape index (κ1) is 15.4. The zero-order chi connectivity index (χ0) is 16.4. The molecule has 0 spiro atoms. The molecule has 5 nitrogen and oxygen atoms in total. The molecule has 0 fully saturated rings. The Morgan fingerprint density at radius 2 is 1.74 bits per heavy atom. The first-order valence-corrected chi connectivity index (χ1v) is 7.51. The van der Waals surface area contributed by atoms with Gasteiger partial charge in [-0.15, -0.1) is 0 Å². The summed E-state index contributed by atoms with van der Waals surface area (Å²) in [7, 11) is 1.62. The molecule has 0 aliphatic heterocycles. The highest BCUT2D eigenvalue weighted by molar-refractivity contribution is 6.30. The number of nitrogens with zero attached hydrogens (tertiary/aromatic N) is 3. The van der Waals surface area contributed by atoms with Crippen molar-refractivity contribution in [3.05, 3.63) is 75.4 Å². The highest BCUT2D eigenvalue weighted by Gasteiger charge is 2.12. The van der Waals surface area contributed by atoms with E-state index in [4.69, 9.17) is 16.3 Å². The van der Waals surface area contributed by atoms with Crippen molar-refractivity contribution in [1.29, 1.82) is 0 Å². The maximum Gasteiger partial charge on any atom is 0.350 e. The Morgan fingerprint density at radius 1 is 1.09 bits per heavy atom. The number of methoxy groups -OCH3 is 1. The van der Waals surface area contributed by atoms with Crippen molar-refractivity contribution < 1.29 is 4.74 Å². The van der Waals surface area contributed by atoms with Crippen molar-refractivity contribution in [2.75, 3.05) is 7.11 Å². The SMILES string of the molecule is COc1ccc(Cn2nc(C)n(-c3ccc(Cl)cc3)c2=O)cc1. The van der Waals surface area contributed by atoms with Gasteiger partial charge in [-0.25, -0.2) is 14.0 Å². The van der Waals surface area contributed by atoms with Gasteiger partial charge in [0.1, 0.15) is 11.6 Å². The second kappa shape index (κ2) is 6.30. The van der Waals surface area contributed by atoms with E-state index in [-0.39, 0.29) is 5.69 Å². The third-order valence-corrected chi connectivity index (χ3v) is 3.83. The van der Waals surface area contributed by atoms with Crippen LogP contribution in [0.5, 0.6) is 5.75 Å². The van der Waals surface area contributed by atoms with Crippen LogP contribution in [0.2, 0.25) is 5.02 Å². The van der Waals surface area contributed by atoms with E-state index in [1.165, 1.54) is 4.68 Å². The van der Waals surface area contributed by atoms with Crippen LogP contribution in [0.25, 0.3) is 5.69 Å². The first-order chi connectivity index (χ1) is 11.1. The maximum absolute atomic E-state index is 12.6. The summed E-state index contributed by atoms with van der Waals surface area (Å²) in [4.78, 5) is 12.6. The number of ether oxygens (including phenoxy) is 1. The standard InChI is InChI=1S/C17H16ClN3O2/c1-12-19-20(11-13-3-9-16(23-2)10-4-13)17(22)21(12)15-7-5-14(18)6-8-15/h3-10H,11H2,1-2H3. The van der Waals surface area contributed by atoms with Crippen LogP contribution in [0.3, 0.4) is 0 Å². The van der Waals surface area contributed by atoms with E-state index in [1.54, 1.807) is 42.9 Å². The van der Waals surface area contributed by atoms with E-state index in [1.807, 2.05) is 24.3 Å². The fraction of sp³-hybridized carbons (Fsp3) is 0.176. The quantitative estimate of drug-likeness (QED) is 0.739. The summed E-state index contributed by atoms with van der Waals surface area (Å²) >= 11 is 5.90. The van der Waals surface area contributed by atoms with E-state index in [9.17, 15) is 4.79 Å². The fourth-order valence-corrected chi connectivity index (χ4v) is 2.54. The molecule has 0 atom stereocenters. The molecule has 23 heavy (non-hydrogen) atoms. The molecule has 0 bridgehead atoms. The minimum atomic E-state index is -0.180. The molecule has 0 unspecified atom stereocenters. The number of aryl methyl sites for hydroxylation is 1. The van der Waals surface area contributed by atoms with Crippen molar-refractivity contribution in [3.8, 4) is 11.4 Å². The van der Waals surface area contributed by atoms with Gasteiger partial charge in [0, 0.05) is 5.02 Å². The lowest BCUT2D eigenvalue weighted by Gasteiger charge is -2.03. The molecular weight excluding hydrogens is 314 g/mol. The molecule has 1 heterocycles. The highest BCUT2D eigenvalue weighted by atomic mass is 35.5. The van der Waals surface area contributed by atoms with Crippen LogP contribution in [-0.4, -0.2) is 21.5 Å².